The molecular weight excluding hydrogens is 423 g/mol. The average molecular weight is 445 g/mol. The van der Waals surface area contributed by atoms with Crippen molar-refractivity contribution in [2.24, 2.45) is 7.05 Å². The predicted molar refractivity (Wildman–Crippen MR) is 113 cm³/mol. The van der Waals surface area contributed by atoms with E-state index in [0.29, 0.717) is 16.5 Å². The zero-order valence-electron chi connectivity index (χ0n) is 17.4. The van der Waals surface area contributed by atoms with Gasteiger partial charge in [-0.3, -0.25) is 14.4 Å². The van der Waals surface area contributed by atoms with Crippen molar-refractivity contribution in [2.75, 3.05) is 0 Å². The second-order valence-electron chi connectivity index (χ2n) is 7.48. The highest BCUT2D eigenvalue weighted by atomic mass is 19.4. The maximum absolute atomic E-state index is 13.0. The van der Waals surface area contributed by atoms with Gasteiger partial charge in [-0.15, -0.1) is 0 Å². The molecule has 0 unspecified atom stereocenters. The Bertz CT molecular complexity index is 1140. The summed E-state index contributed by atoms with van der Waals surface area (Å²) in [6.45, 7) is 1.45. The van der Waals surface area contributed by atoms with Crippen LogP contribution in [-0.2, 0) is 23.1 Å². The molecule has 0 fully saturated rings. The van der Waals surface area contributed by atoms with Crippen LogP contribution in [0, 0.1) is 0 Å². The summed E-state index contributed by atoms with van der Waals surface area (Å²) in [5.41, 5.74) is 1.77. The maximum Gasteiger partial charge on any atom is 0.471 e. The summed E-state index contributed by atoms with van der Waals surface area (Å²) in [6, 6.07) is 13.0. The van der Waals surface area contributed by atoms with Gasteiger partial charge in [0.05, 0.1) is 6.04 Å². The Morgan fingerprint density at radius 1 is 0.969 bits per heavy atom. The largest absolute Gasteiger partial charge is 0.471 e. The molecule has 6 nitrogen and oxygen atoms in total. The number of carbonyl (C=O) groups excluding carboxylic acids is 3. The van der Waals surface area contributed by atoms with Crippen molar-refractivity contribution in [1.29, 1.82) is 0 Å². The SMILES string of the molecule is C[C@@H](NC(=O)[C@H](Cc1ccccc1)NC(=O)C(F)(F)F)C(=O)c1cn(C)c2ccccc12. The van der Waals surface area contributed by atoms with Gasteiger partial charge in [-0.1, -0.05) is 48.5 Å². The Hall–Kier alpha value is -3.62. The second-order valence-corrected chi connectivity index (χ2v) is 7.48. The Morgan fingerprint density at radius 2 is 1.59 bits per heavy atom. The molecule has 3 rings (SSSR count). The first-order valence-corrected chi connectivity index (χ1v) is 9.88. The van der Waals surface area contributed by atoms with E-state index in [1.165, 1.54) is 6.92 Å². The zero-order valence-corrected chi connectivity index (χ0v) is 17.4. The number of para-hydroxylation sites is 1. The van der Waals surface area contributed by atoms with E-state index in [4.69, 9.17) is 0 Å². The molecule has 0 saturated heterocycles. The number of hydrogen-bond acceptors (Lipinski definition) is 3. The minimum absolute atomic E-state index is 0.163. The standard InChI is InChI=1S/C23H22F3N3O3/c1-14(20(30)17-13-29(2)19-11-7-6-10-16(17)19)27-21(31)18(28-22(32)23(24,25)26)12-15-8-4-3-5-9-15/h3-11,13-14,18H,12H2,1-2H3,(H,27,31)(H,28,32)/t14-,18+/m1/s1. The zero-order chi connectivity index (χ0) is 23.5. The number of rotatable bonds is 7. The highest BCUT2D eigenvalue weighted by Gasteiger charge is 2.41. The highest BCUT2D eigenvalue weighted by molar-refractivity contribution is 6.11. The van der Waals surface area contributed by atoms with E-state index in [9.17, 15) is 27.6 Å². The van der Waals surface area contributed by atoms with Crippen LogP contribution in [0.4, 0.5) is 13.2 Å². The van der Waals surface area contributed by atoms with Gasteiger partial charge >= 0.3 is 12.1 Å². The Balaban J connectivity index is 1.79. The fourth-order valence-corrected chi connectivity index (χ4v) is 3.45. The number of amides is 2. The van der Waals surface area contributed by atoms with Crippen LogP contribution in [-0.4, -0.2) is 40.4 Å². The number of carbonyl (C=O) groups is 3. The third kappa shape index (κ3) is 5.16. The number of alkyl halides is 3. The Labute approximate surface area is 182 Å². The quantitative estimate of drug-likeness (QED) is 0.549. The van der Waals surface area contributed by atoms with Gasteiger partial charge in [0.2, 0.25) is 5.91 Å². The Kier molecular flexibility index (Phi) is 6.67. The fourth-order valence-electron chi connectivity index (χ4n) is 3.45. The lowest BCUT2D eigenvalue weighted by atomic mass is 10.0. The molecule has 0 spiro atoms. The lowest BCUT2D eigenvalue weighted by Gasteiger charge is -2.21. The first-order chi connectivity index (χ1) is 15.1. The molecule has 168 valence electrons. The van der Waals surface area contributed by atoms with Crippen LogP contribution in [0.5, 0.6) is 0 Å². The summed E-state index contributed by atoms with van der Waals surface area (Å²) in [5, 5.41) is 4.88. The molecule has 2 atom stereocenters. The van der Waals surface area contributed by atoms with Crippen LogP contribution in [0.15, 0.2) is 60.8 Å². The minimum Gasteiger partial charge on any atom is -0.350 e. The molecule has 1 aromatic heterocycles. The molecule has 2 amide bonds. The van der Waals surface area contributed by atoms with Gasteiger partial charge in [0, 0.05) is 36.1 Å². The number of aryl methyl sites for hydroxylation is 1. The van der Waals surface area contributed by atoms with Crippen molar-refractivity contribution in [3.8, 4) is 0 Å². The number of ketones is 1. The van der Waals surface area contributed by atoms with Crippen LogP contribution in [0.1, 0.15) is 22.8 Å². The third-order valence-corrected chi connectivity index (χ3v) is 5.08. The van der Waals surface area contributed by atoms with Gasteiger partial charge in [-0.2, -0.15) is 13.2 Å². The molecule has 1 heterocycles. The highest BCUT2D eigenvalue weighted by Crippen LogP contribution is 2.22. The first kappa shape index (κ1) is 23.1. The number of halogens is 3. The average Bonchev–Trinajstić information content (AvgIpc) is 3.09. The number of hydrogen-bond donors (Lipinski definition) is 2. The lowest BCUT2D eigenvalue weighted by molar-refractivity contribution is -0.174. The normalized spacial score (nSPS) is 13.4. The Morgan fingerprint density at radius 3 is 2.25 bits per heavy atom. The van der Waals surface area contributed by atoms with Gasteiger partial charge in [0.25, 0.3) is 0 Å². The van der Waals surface area contributed by atoms with Crippen molar-refractivity contribution in [3.05, 3.63) is 71.9 Å². The first-order valence-electron chi connectivity index (χ1n) is 9.88. The molecular formula is C23H22F3N3O3. The molecule has 9 heteroatoms. The third-order valence-electron chi connectivity index (χ3n) is 5.08. The number of aromatic nitrogens is 1. The lowest BCUT2D eigenvalue weighted by Crippen LogP contribution is -2.54. The van der Waals surface area contributed by atoms with E-state index >= 15 is 0 Å². The monoisotopic (exact) mass is 445 g/mol. The van der Waals surface area contributed by atoms with Gasteiger partial charge in [-0.05, 0) is 18.6 Å². The van der Waals surface area contributed by atoms with Gasteiger partial charge in [0.15, 0.2) is 5.78 Å². The second kappa shape index (κ2) is 9.25. The number of benzene rings is 2. The van der Waals surface area contributed by atoms with Crippen LogP contribution in [0.3, 0.4) is 0 Å². The molecule has 0 aliphatic rings. The molecule has 0 aliphatic carbocycles. The molecule has 2 aromatic carbocycles. The molecule has 2 N–H and O–H groups in total. The van der Waals surface area contributed by atoms with Crippen molar-refractivity contribution < 1.29 is 27.6 Å². The topological polar surface area (TPSA) is 80.2 Å². The van der Waals surface area contributed by atoms with Crippen LogP contribution in [0.25, 0.3) is 10.9 Å². The van der Waals surface area contributed by atoms with E-state index in [0.717, 1.165) is 5.52 Å². The number of nitrogens with zero attached hydrogens (tertiary/aromatic N) is 1. The summed E-state index contributed by atoms with van der Waals surface area (Å²) < 4.78 is 40.1. The maximum atomic E-state index is 13.0. The smallest absolute Gasteiger partial charge is 0.350 e. The molecule has 0 aliphatic heterocycles. The number of Topliss-reactive ketones (excluding diaryl/α,β-unsaturated/α-hetero) is 1. The molecule has 32 heavy (non-hydrogen) atoms. The number of nitrogens with one attached hydrogen (secondary N) is 2. The fraction of sp³-hybridized carbons (Fsp3) is 0.261. The molecule has 0 saturated carbocycles. The van der Waals surface area contributed by atoms with Crippen molar-refractivity contribution >= 4 is 28.5 Å². The molecule has 3 aromatic rings. The van der Waals surface area contributed by atoms with E-state index in [1.807, 2.05) is 12.1 Å². The molecule has 0 radical (unpaired) electrons. The van der Waals surface area contributed by atoms with Gasteiger partial charge < -0.3 is 15.2 Å². The summed E-state index contributed by atoms with van der Waals surface area (Å²) >= 11 is 0. The van der Waals surface area contributed by atoms with Crippen LogP contribution in [0.2, 0.25) is 0 Å². The van der Waals surface area contributed by atoms with E-state index in [2.05, 4.69) is 5.32 Å². The van der Waals surface area contributed by atoms with E-state index < -0.39 is 35.9 Å². The number of fused-ring (bicyclic) bond motifs is 1. The van der Waals surface area contributed by atoms with Gasteiger partial charge in [-0.25, -0.2) is 0 Å². The molecule has 0 bridgehead atoms. The summed E-state index contributed by atoms with van der Waals surface area (Å²) in [4.78, 5) is 37.2. The predicted octanol–water partition coefficient (Wildman–Crippen LogP) is 3.16. The summed E-state index contributed by atoms with van der Waals surface area (Å²) in [5.74, 6) is -3.50. The van der Waals surface area contributed by atoms with Crippen molar-refractivity contribution in [2.45, 2.75) is 31.6 Å². The van der Waals surface area contributed by atoms with Crippen LogP contribution < -0.4 is 10.6 Å². The van der Waals surface area contributed by atoms with Crippen molar-refractivity contribution in [3.63, 3.8) is 0 Å². The summed E-state index contributed by atoms with van der Waals surface area (Å²) in [7, 11) is 1.78. The van der Waals surface area contributed by atoms with Crippen LogP contribution >= 0.6 is 0 Å². The van der Waals surface area contributed by atoms with Gasteiger partial charge in [0.1, 0.15) is 6.04 Å². The van der Waals surface area contributed by atoms with E-state index in [-0.39, 0.29) is 6.42 Å². The van der Waals surface area contributed by atoms with E-state index in [1.54, 1.807) is 65.6 Å². The summed E-state index contributed by atoms with van der Waals surface area (Å²) in [6.07, 6.45) is -3.66. The van der Waals surface area contributed by atoms with Crippen molar-refractivity contribution in [1.82, 2.24) is 15.2 Å². The minimum atomic E-state index is -5.14.